The molecule has 1 heterocycles. The minimum Gasteiger partial charge on any atom is -0.387 e. The summed E-state index contributed by atoms with van der Waals surface area (Å²) in [5.41, 5.74) is 0.487. The summed E-state index contributed by atoms with van der Waals surface area (Å²) in [5.74, 6) is 1.28. The molecule has 2 rings (SSSR count). The van der Waals surface area contributed by atoms with Gasteiger partial charge in [-0.15, -0.1) is 0 Å². The molecule has 1 fully saturated rings. The molecule has 1 aliphatic rings. The molecule has 0 aliphatic carbocycles. The number of urea groups is 1. The van der Waals surface area contributed by atoms with Gasteiger partial charge in [0.05, 0.1) is 11.6 Å². The molecule has 21 heavy (non-hydrogen) atoms. The molecule has 0 radical (unpaired) electrons. The van der Waals surface area contributed by atoms with Crippen molar-refractivity contribution in [1.29, 1.82) is 0 Å². The third kappa shape index (κ3) is 4.35. The van der Waals surface area contributed by atoms with Crippen molar-refractivity contribution in [2.75, 3.05) is 18.1 Å². The van der Waals surface area contributed by atoms with Crippen molar-refractivity contribution in [2.45, 2.75) is 31.9 Å². The number of halogens is 1. The van der Waals surface area contributed by atoms with Crippen molar-refractivity contribution in [3.8, 4) is 0 Å². The Hall–Kier alpha value is -1.27. The number of hydrogen-bond acceptors (Lipinski definition) is 3. The first-order valence-corrected chi connectivity index (χ1v) is 8.16. The van der Waals surface area contributed by atoms with Crippen LogP contribution in [-0.4, -0.2) is 34.8 Å². The molecule has 2 amide bonds. The van der Waals surface area contributed by atoms with Crippen molar-refractivity contribution in [1.82, 2.24) is 10.6 Å². The monoisotopic (exact) mass is 312 g/mol. The van der Waals surface area contributed by atoms with E-state index >= 15 is 0 Å². The molecular formula is C15H21FN2O2S. The second-order valence-electron chi connectivity index (χ2n) is 5.58. The highest BCUT2D eigenvalue weighted by Crippen LogP contribution is 2.26. The molecule has 4 nitrogen and oxygen atoms in total. The van der Waals surface area contributed by atoms with Crippen molar-refractivity contribution in [2.24, 2.45) is 0 Å². The van der Waals surface area contributed by atoms with Crippen LogP contribution in [0.2, 0.25) is 0 Å². The van der Waals surface area contributed by atoms with Crippen LogP contribution in [0.4, 0.5) is 9.18 Å². The highest BCUT2D eigenvalue weighted by Gasteiger charge is 2.32. The summed E-state index contributed by atoms with van der Waals surface area (Å²) < 4.78 is 13.5. The van der Waals surface area contributed by atoms with Crippen LogP contribution in [0.5, 0.6) is 0 Å². The maximum atomic E-state index is 13.5. The van der Waals surface area contributed by atoms with E-state index in [9.17, 15) is 14.3 Å². The molecule has 0 bridgehead atoms. The number of thioether (sulfide) groups is 1. The summed E-state index contributed by atoms with van der Waals surface area (Å²) >= 11 is 1.68. The van der Waals surface area contributed by atoms with E-state index in [4.69, 9.17) is 0 Å². The largest absolute Gasteiger partial charge is 0.387 e. The molecule has 1 aromatic rings. The normalized spacial score (nSPS) is 22.9. The van der Waals surface area contributed by atoms with Crippen LogP contribution in [0.15, 0.2) is 18.2 Å². The number of amides is 2. The predicted octanol–water partition coefficient (Wildman–Crippen LogP) is 2.36. The molecule has 1 saturated heterocycles. The lowest BCUT2D eigenvalue weighted by atomic mass is 10.0. The van der Waals surface area contributed by atoms with Crippen LogP contribution < -0.4 is 10.6 Å². The van der Waals surface area contributed by atoms with Crippen LogP contribution in [0, 0.1) is 12.7 Å². The third-order valence-electron chi connectivity index (χ3n) is 3.70. The molecule has 6 heteroatoms. The maximum Gasteiger partial charge on any atom is 0.315 e. The van der Waals surface area contributed by atoms with E-state index in [1.54, 1.807) is 37.7 Å². The van der Waals surface area contributed by atoms with Gasteiger partial charge in [-0.25, -0.2) is 9.18 Å². The van der Waals surface area contributed by atoms with Crippen LogP contribution >= 0.6 is 11.8 Å². The van der Waals surface area contributed by atoms with Gasteiger partial charge in [-0.3, -0.25) is 0 Å². The number of aryl methyl sites for hydroxylation is 1. The van der Waals surface area contributed by atoms with E-state index in [2.05, 4.69) is 10.6 Å². The zero-order valence-electron chi connectivity index (χ0n) is 12.3. The lowest BCUT2D eigenvalue weighted by Gasteiger charge is -2.22. The quantitative estimate of drug-likeness (QED) is 0.800. The molecule has 0 aromatic heterocycles. The van der Waals surface area contributed by atoms with Gasteiger partial charge in [-0.05, 0) is 43.2 Å². The first-order valence-electron chi connectivity index (χ1n) is 7.00. The highest BCUT2D eigenvalue weighted by molar-refractivity contribution is 7.99. The molecule has 2 unspecified atom stereocenters. The number of benzene rings is 1. The van der Waals surface area contributed by atoms with Crippen LogP contribution in [0.3, 0.4) is 0 Å². The van der Waals surface area contributed by atoms with Gasteiger partial charge in [0.25, 0.3) is 0 Å². The van der Waals surface area contributed by atoms with Gasteiger partial charge < -0.3 is 15.7 Å². The molecule has 116 valence electrons. The maximum absolute atomic E-state index is 13.5. The number of hydrogen-bond donors (Lipinski definition) is 3. The Labute approximate surface area is 128 Å². The van der Waals surface area contributed by atoms with Crippen molar-refractivity contribution < 1.29 is 14.3 Å². The highest BCUT2D eigenvalue weighted by atomic mass is 32.2. The number of nitrogens with one attached hydrogen (secondary N) is 2. The first-order chi connectivity index (χ1) is 9.89. The van der Waals surface area contributed by atoms with E-state index < -0.39 is 5.60 Å². The van der Waals surface area contributed by atoms with E-state index in [-0.39, 0.29) is 24.4 Å². The van der Waals surface area contributed by atoms with Gasteiger partial charge in [-0.1, -0.05) is 12.1 Å². The van der Waals surface area contributed by atoms with E-state index in [1.165, 1.54) is 6.07 Å². The predicted molar refractivity (Wildman–Crippen MR) is 83.0 cm³/mol. The summed E-state index contributed by atoms with van der Waals surface area (Å²) in [6.45, 7) is 3.73. The Morgan fingerprint density at radius 1 is 1.57 bits per heavy atom. The first kappa shape index (κ1) is 16.1. The molecule has 1 aromatic carbocycles. The lowest BCUT2D eigenvalue weighted by molar-refractivity contribution is 0.0699. The second kappa shape index (κ2) is 6.66. The fourth-order valence-corrected chi connectivity index (χ4v) is 3.49. The van der Waals surface area contributed by atoms with E-state index in [0.717, 1.165) is 5.75 Å². The Morgan fingerprint density at radius 3 is 2.95 bits per heavy atom. The van der Waals surface area contributed by atoms with Gasteiger partial charge in [0, 0.05) is 12.3 Å². The lowest BCUT2D eigenvalue weighted by Crippen LogP contribution is -2.46. The zero-order valence-corrected chi connectivity index (χ0v) is 13.1. The summed E-state index contributed by atoms with van der Waals surface area (Å²) in [4.78, 5) is 11.8. The van der Waals surface area contributed by atoms with Crippen LogP contribution in [0.25, 0.3) is 0 Å². The summed E-state index contributed by atoms with van der Waals surface area (Å²) in [7, 11) is 0. The van der Waals surface area contributed by atoms with Gasteiger partial charge in [-0.2, -0.15) is 11.8 Å². The Morgan fingerprint density at radius 2 is 2.33 bits per heavy atom. The fraction of sp³-hybridized carbons (Fsp3) is 0.533. The van der Waals surface area contributed by atoms with Gasteiger partial charge in [0.1, 0.15) is 5.82 Å². The van der Waals surface area contributed by atoms with Gasteiger partial charge in [0.2, 0.25) is 0 Å². The zero-order chi connectivity index (χ0) is 15.5. The van der Waals surface area contributed by atoms with Gasteiger partial charge >= 0.3 is 6.03 Å². The number of aliphatic hydroxyl groups is 1. The fourth-order valence-electron chi connectivity index (χ4n) is 2.19. The third-order valence-corrected chi connectivity index (χ3v) is 4.94. The number of carbonyl (C=O) groups excluding carboxylic acids is 1. The van der Waals surface area contributed by atoms with Crippen molar-refractivity contribution in [3.63, 3.8) is 0 Å². The summed E-state index contributed by atoms with van der Waals surface area (Å²) in [6.07, 6.45) is 0.691. The minimum atomic E-state index is -0.804. The summed E-state index contributed by atoms with van der Waals surface area (Å²) in [6, 6.07) is 4.27. The number of rotatable bonds is 4. The smallest absolute Gasteiger partial charge is 0.315 e. The molecular weight excluding hydrogens is 291 g/mol. The Bertz CT molecular complexity index is 518. The average Bonchev–Trinajstić information content (AvgIpc) is 2.87. The minimum absolute atomic E-state index is 0.237. The molecule has 0 saturated carbocycles. The number of carbonyl (C=O) groups is 1. The van der Waals surface area contributed by atoms with E-state index in [1.807, 2.05) is 0 Å². The van der Waals surface area contributed by atoms with Crippen molar-refractivity contribution >= 4 is 17.8 Å². The SMILES string of the molecule is Cc1ccc(C(C)NC(=O)NCC2(O)CCSC2)cc1F. The van der Waals surface area contributed by atoms with Crippen molar-refractivity contribution in [3.05, 3.63) is 35.1 Å². The average molecular weight is 312 g/mol. The Balaban J connectivity index is 1.85. The standard InChI is InChI=1S/C15H21FN2O2S/c1-10-3-4-12(7-13(10)16)11(2)18-14(19)17-8-15(20)5-6-21-9-15/h3-4,7,11,20H,5-6,8-9H2,1-2H3,(H2,17,18,19). The molecule has 0 spiro atoms. The van der Waals surface area contributed by atoms with Crippen LogP contribution in [-0.2, 0) is 0 Å². The molecule has 1 aliphatic heterocycles. The molecule has 2 atom stereocenters. The topological polar surface area (TPSA) is 61.4 Å². The van der Waals surface area contributed by atoms with Gasteiger partial charge in [0.15, 0.2) is 0 Å². The Kier molecular flexibility index (Phi) is 5.11. The summed E-state index contributed by atoms with van der Waals surface area (Å²) in [5, 5.41) is 15.6. The van der Waals surface area contributed by atoms with E-state index in [0.29, 0.717) is 23.3 Å². The van der Waals surface area contributed by atoms with Crippen LogP contribution in [0.1, 0.15) is 30.5 Å². The molecule has 3 N–H and O–H groups in total. The second-order valence-corrected chi connectivity index (χ2v) is 6.69.